The molecule has 5 heteroatoms. The van der Waals surface area contributed by atoms with Gasteiger partial charge < -0.3 is 9.84 Å². The summed E-state index contributed by atoms with van der Waals surface area (Å²) in [6, 6.07) is 3.29. The van der Waals surface area contributed by atoms with Crippen molar-refractivity contribution < 1.29 is 14.6 Å². The molecular formula is C12H14Cl2O3. The molecule has 1 N–H and O–H groups in total. The number of carbonyl (C=O) groups is 1. The Morgan fingerprint density at radius 2 is 2.12 bits per heavy atom. The van der Waals surface area contributed by atoms with E-state index in [1.165, 1.54) is 0 Å². The molecule has 1 aromatic rings. The second-order valence-corrected chi connectivity index (χ2v) is 4.46. The van der Waals surface area contributed by atoms with Crippen LogP contribution in [0.3, 0.4) is 0 Å². The van der Waals surface area contributed by atoms with Crippen LogP contribution in [-0.2, 0) is 11.2 Å². The van der Waals surface area contributed by atoms with E-state index >= 15 is 0 Å². The van der Waals surface area contributed by atoms with E-state index in [0.29, 0.717) is 28.8 Å². The summed E-state index contributed by atoms with van der Waals surface area (Å²) < 4.78 is 5.52. The average molecular weight is 277 g/mol. The van der Waals surface area contributed by atoms with Crippen molar-refractivity contribution in [3.05, 3.63) is 27.7 Å². The van der Waals surface area contributed by atoms with Gasteiger partial charge in [0.15, 0.2) is 0 Å². The fraction of sp³-hybridized carbons (Fsp3) is 0.417. The van der Waals surface area contributed by atoms with Crippen molar-refractivity contribution >= 4 is 29.2 Å². The number of aryl methyl sites for hydroxylation is 1. The van der Waals surface area contributed by atoms with Gasteiger partial charge in [-0.1, -0.05) is 30.1 Å². The van der Waals surface area contributed by atoms with Crippen LogP contribution in [0.15, 0.2) is 12.1 Å². The molecule has 0 spiro atoms. The third-order valence-corrected chi connectivity index (χ3v) is 2.64. The molecular weight excluding hydrogens is 263 g/mol. The summed E-state index contributed by atoms with van der Waals surface area (Å²) in [5, 5.41) is 9.58. The molecule has 0 aliphatic rings. The molecule has 0 aromatic heterocycles. The second kappa shape index (κ2) is 6.72. The summed E-state index contributed by atoms with van der Waals surface area (Å²) in [5.41, 5.74) is 0.735. The van der Waals surface area contributed by atoms with Crippen LogP contribution in [-0.4, -0.2) is 17.7 Å². The lowest BCUT2D eigenvalue weighted by Crippen LogP contribution is -2.03. The average Bonchev–Trinajstić information content (AvgIpc) is 2.24. The minimum atomic E-state index is -0.859. The number of rotatable bonds is 6. The normalized spacial score (nSPS) is 10.3. The van der Waals surface area contributed by atoms with Gasteiger partial charge in [0, 0.05) is 11.4 Å². The van der Waals surface area contributed by atoms with Crippen molar-refractivity contribution in [2.45, 2.75) is 26.2 Å². The maximum Gasteiger partial charge on any atom is 0.303 e. The summed E-state index contributed by atoms with van der Waals surface area (Å²) in [6.45, 7) is 2.53. The van der Waals surface area contributed by atoms with E-state index in [0.717, 1.165) is 12.0 Å². The van der Waals surface area contributed by atoms with Crippen LogP contribution in [0.4, 0.5) is 0 Å². The van der Waals surface area contributed by atoms with E-state index < -0.39 is 5.97 Å². The van der Waals surface area contributed by atoms with Gasteiger partial charge in [0.05, 0.1) is 11.6 Å². The fourth-order valence-electron chi connectivity index (χ4n) is 1.41. The van der Waals surface area contributed by atoms with Crippen LogP contribution in [0.2, 0.25) is 10.0 Å². The number of benzene rings is 1. The number of ether oxygens (including phenoxy) is 1. The van der Waals surface area contributed by atoms with Crippen LogP contribution in [0.1, 0.15) is 25.3 Å². The van der Waals surface area contributed by atoms with Crippen molar-refractivity contribution in [1.82, 2.24) is 0 Å². The van der Waals surface area contributed by atoms with E-state index in [1.54, 1.807) is 12.1 Å². The van der Waals surface area contributed by atoms with Crippen LogP contribution < -0.4 is 4.74 Å². The second-order valence-electron chi connectivity index (χ2n) is 3.62. The van der Waals surface area contributed by atoms with Crippen LogP contribution >= 0.6 is 23.2 Å². The smallest absolute Gasteiger partial charge is 0.303 e. The molecule has 0 unspecified atom stereocenters. The van der Waals surface area contributed by atoms with Gasteiger partial charge in [-0.15, -0.1) is 0 Å². The summed E-state index contributed by atoms with van der Waals surface area (Å²) in [5.74, 6) is -0.318. The van der Waals surface area contributed by atoms with Crippen molar-refractivity contribution in [1.29, 1.82) is 0 Å². The molecule has 3 nitrogen and oxygen atoms in total. The lowest BCUT2D eigenvalue weighted by atomic mass is 10.1. The molecule has 0 saturated carbocycles. The zero-order chi connectivity index (χ0) is 12.8. The SMILES string of the molecule is CCCOc1c(Cl)cc(Cl)cc1CCC(=O)O. The predicted molar refractivity (Wildman–Crippen MR) is 68.2 cm³/mol. The molecule has 0 aliphatic carbocycles. The first-order valence-electron chi connectivity index (χ1n) is 5.37. The van der Waals surface area contributed by atoms with Gasteiger partial charge in [-0.25, -0.2) is 0 Å². The van der Waals surface area contributed by atoms with Crippen LogP contribution in [0.5, 0.6) is 5.75 Å². The molecule has 17 heavy (non-hydrogen) atoms. The predicted octanol–water partition coefficient (Wildman–Crippen LogP) is 3.80. The lowest BCUT2D eigenvalue weighted by molar-refractivity contribution is -0.136. The molecule has 0 fully saturated rings. The zero-order valence-electron chi connectivity index (χ0n) is 9.50. The van der Waals surface area contributed by atoms with Gasteiger partial charge in [0.2, 0.25) is 0 Å². The van der Waals surface area contributed by atoms with Gasteiger partial charge in [0.25, 0.3) is 0 Å². The van der Waals surface area contributed by atoms with Crippen molar-refractivity contribution in [2.75, 3.05) is 6.61 Å². The standard InChI is InChI=1S/C12H14Cl2O3/c1-2-5-17-12-8(3-4-11(15)16)6-9(13)7-10(12)14/h6-7H,2-5H2,1H3,(H,15,16). The first kappa shape index (κ1) is 14.1. The van der Waals surface area contributed by atoms with Crippen LogP contribution in [0.25, 0.3) is 0 Å². The molecule has 0 saturated heterocycles. The number of hydrogen-bond acceptors (Lipinski definition) is 2. The molecule has 0 radical (unpaired) electrons. The third-order valence-electron chi connectivity index (χ3n) is 2.14. The van der Waals surface area contributed by atoms with Crippen molar-refractivity contribution in [3.8, 4) is 5.75 Å². The maximum atomic E-state index is 10.6. The Morgan fingerprint density at radius 1 is 1.41 bits per heavy atom. The van der Waals surface area contributed by atoms with Gasteiger partial charge >= 0.3 is 5.97 Å². The highest BCUT2D eigenvalue weighted by molar-refractivity contribution is 6.35. The van der Waals surface area contributed by atoms with Crippen molar-refractivity contribution in [2.24, 2.45) is 0 Å². The number of aliphatic carboxylic acids is 1. The molecule has 0 aliphatic heterocycles. The molecule has 94 valence electrons. The minimum absolute atomic E-state index is 0.0269. The van der Waals surface area contributed by atoms with Gasteiger partial charge in [0.1, 0.15) is 5.75 Å². The Kier molecular flexibility index (Phi) is 5.59. The molecule has 0 atom stereocenters. The first-order chi connectivity index (χ1) is 8.04. The molecule has 0 heterocycles. The number of hydrogen-bond donors (Lipinski definition) is 1. The molecule has 1 rings (SSSR count). The maximum absolute atomic E-state index is 10.6. The third kappa shape index (κ3) is 4.44. The van der Waals surface area contributed by atoms with E-state index in [1.807, 2.05) is 6.92 Å². The van der Waals surface area contributed by atoms with E-state index in [2.05, 4.69) is 0 Å². The molecule has 0 amide bonds. The van der Waals surface area contributed by atoms with Crippen molar-refractivity contribution in [3.63, 3.8) is 0 Å². The molecule has 1 aromatic carbocycles. The first-order valence-corrected chi connectivity index (χ1v) is 6.12. The summed E-state index contributed by atoms with van der Waals surface area (Å²) in [4.78, 5) is 10.6. The summed E-state index contributed by atoms with van der Waals surface area (Å²) in [7, 11) is 0. The van der Waals surface area contributed by atoms with E-state index in [9.17, 15) is 4.79 Å². The quantitative estimate of drug-likeness (QED) is 0.860. The number of carboxylic acid groups (broad SMARTS) is 1. The minimum Gasteiger partial charge on any atom is -0.492 e. The van der Waals surface area contributed by atoms with E-state index in [4.69, 9.17) is 33.0 Å². The Balaban J connectivity index is 2.93. The Labute approximate surface area is 110 Å². The number of carboxylic acids is 1. The highest BCUT2D eigenvalue weighted by Crippen LogP contribution is 2.33. The number of halogens is 2. The Hall–Kier alpha value is -0.930. The highest BCUT2D eigenvalue weighted by atomic mass is 35.5. The summed E-state index contributed by atoms with van der Waals surface area (Å²) >= 11 is 11.9. The van der Waals surface area contributed by atoms with Gasteiger partial charge in [-0.2, -0.15) is 0 Å². The lowest BCUT2D eigenvalue weighted by Gasteiger charge is -2.12. The van der Waals surface area contributed by atoms with Crippen LogP contribution in [0, 0.1) is 0 Å². The Bertz CT molecular complexity index is 405. The largest absolute Gasteiger partial charge is 0.492 e. The molecule has 0 bridgehead atoms. The monoisotopic (exact) mass is 276 g/mol. The van der Waals surface area contributed by atoms with Gasteiger partial charge in [-0.3, -0.25) is 4.79 Å². The topological polar surface area (TPSA) is 46.5 Å². The zero-order valence-corrected chi connectivity index (χ0v) is 11.0. The summed E-state index contributed by atoms with van der Waals surface area (Å²) in [6.07, 6.45) is 1.24. The highest BCUT2D eigenvalue weighted by Gasteiger charge is 2.12. The van der Waals surface area contributed by atoms with E-state index in [-0.39, 0.29) is 6.42 Å². The van der Waals surface area contributed by atoms with Gasteiger partial charge in [-0.05, 0) is 30.5 Å². The fourth-order valence-corrected chi connectivity index (χ4v) is 2.00. The Morgan fingerprint density at radius 3 is 2.71 bits per heavy atom.